The van der Waals surface area contributed by atoms with Crippen LogP contribution in [0, 0.1) is 0 Å². The summed E-state index contributed by atoms with van der Waals surface area (Å²) in [6.07, 6.45) is 0. The Kier molecular flexibility index (Phi) is 7.89. The molecule has 2 heteroatoms. The van der Waals surface area contributed by atoms with Gasteiger partial charge in [0.25, 0.3) is 0 Å². The van der Waals surface area contributed by atoms with E-state index in [0.717, 1.165) is 28.1 Å². The molecule has 0 N–H and O–H groups in total. The lowest BCUT2D eigenvalue weighted by Gasteiger charge is -2.19. The van der Waals surface area contributed by atoms with Gasteiger partial charge >= 0.3 is 0 Å². The van der Waals surface area contributed by atoms with Crippen molar-refractivity contribution >= 4 is 64.6 Å². The molecule has 1 aromatic heterocycles. The molecule has 0 aliphatic heterocycles. The summed E-state index contributed by atoms with van der Waals surface area (Å²) >= 11 is 0. The molecule has 0 radical (unpaired) electrons. The normalized spacial score (nSPS) is 11.7. The van der Waals surface area contributed by atoms with Crippen LogP contribution in [0.5, 0.6) is 0 Å². The molecule has 1 heterocycles. The van der Waals surface area contributed by atoms with Crippen LogP contribution in [0.4, 0.5) is 0 Å². The Morgan fingerprint density at radius 3 is 1.32 bits per heavy atom. The summed E-state index contributed by atoms with van der Waals surface area (Å²) in [5, 5.41) is 15.0. The van der Waals surface area contributed by atoms with Crippen LogP contribution in [0.3, 0.4) is 0 Å². The molecule has 0 saturated carbocycles. The lowest BCUT2D eigenvalue weighted by Crippen LogP contribution is -1.96. The van der Waals surface area contributed by atoms with Gasteiger partial charge in [0, 0.05) is 16.7 Å². The van der Waals surface area contributed by atoms with Crippen LogP contribution in [-0.4, -0.2) is 9.97 Å². The molecule has 12 rings (SSSR count). The maximum Gasteiger partial charge on any atom is 0.160 e. The number of hydrogen-bond acceptors (Lipinski definition) is 2. The largest absolute Gasteiger partial charge is 0.228 e. The smallest absolute Gasteiger partial charge is 0.160 e. The molecule has 0 atom stereocenters. The van der Waals surface area contributed by atoms with E-state index in [4.69, 9.17) is 9.97 Å². The molecule has 2 nitrogen and oxygen atoms in total. The standard InChI is InChI=1S/C58H36N2/c1-3-16-39(17-4-1)56-50-26-14-13-25-49(50)55(51-34-31-37-15-7-8-20-43(37)57(51)56)40-29-27-38(28-30-40)53-36-54(60-58(59-53)41-18-5-2-6-19-41)42-32-33-48-46-23-10-9-21-44(46)45-22-11-12-24-47(45)52(48)35-42/h1-36H. The fourth-order valence-electron chi connectivity index (χ4n) is 9.50. The zero-order valence-electron chi connectivity index (χ0n) is 32.7. The first kappa shape index (κ1) is 34.1. The van der Waals surface area contributed by atoms with E-state index in [1.807, 2.05) is 18.2 Å². The van der Waals surface area contributed by atoms with Crippen LogP contribution in [0.2, 0.25) is 0 Å². The molecule has 60 heavy (non-hydrogen) atoms. The van der Waals surface area contributed by atoms with Gasteiger partial charge in [0.05, 0.1) is 11.4 Å². The Hall–Kier alpha value is -7.94. The Morgan fingerprint density at radius 1 is 0.233 bits per heavy atom. The number of rotatable bonds is 5. The first-order valence-corrected chi connectivity index (χ1v) is 20.6. The van der Waals surface area contributed by atoms with Crippen LogP contribution < -0.4 is 0 Å². The predicted molar refractivity (Wildman–Crippen MR) is 254 cm³/mol. The van der Waals surface area contributed by atoms with Crippen molar-refractivity contribution in [1.29, 1.82) is 0 Å². The Bertz CT molecular complexity index is 3590. The molecule has 278 valence electrons. The quantitative estimate of drug-likeness (QED) is 0.129. The minimum Gasteiger partial charge on any atom is -0.228 e. The van der Waals surface area contributed by atoms with Gasteiger partial charge in [-0.25, -0.2) is 9.97 Å². The first-order chi connectivity index (χ1) is 29.8. The third-order valence-electron chi connectivity index (χ3n) is 12.2. The predicted octanol–water partition coefficient (Wildman–Crippen LogP) is 15.7. The van der Waals surface area contributed by atoms with Crippen molar-refractivity contribution in [3.8, 4) is 56.2 Å². The molecule has 12 aromatic rings. The highest BCUT2D eigenvalue weighted by molar-refractivity contribution is 6.28. The van der Waals surface area contributed by atoms with Crippen LogP contribution in [0.1, 0.15) is 0 Å². The van der Waals surface area contributed by atoms with Crippen molar-refractivity contribution < 1.29 is 0 Å². The molecular formula is C58H36N2. The van der Waals surface area contributed by atoms with Gasteiger partial charge in [-0.2, -0.15) is 0 Å². The van der Waals surface area contributed by atoms with E-state index < -0.39 is 0 Å². The monoisotopic (exact) mass is 760 g/mol. The van der Waals surface area contributed by atoms with Gasteiger partial charge in [-0.05, 0) is 99.0 Å². The van der Waals surface area contributed by atoms with Crippen LogP contribution in [0.25, 0.3) is 121 Å². The average molecular weight is 761 g/mol. The molecule has 0 aliphatic rings. The minimum atomic E-state index is 0.705. The molecule has 0 bridgehead atoms. The maximum absolute atomic E-state index is 5.23. The molecular weight excluding hydrogens is 725 g/mol. The van der Waals surface area contributed by atoms with Gasteiger partial charge in [0.2, 0.25) is 0 Å². The zero-order chi connectivity index (χ0) is 39.6. The van der Waals surface area contributed by atoms with Crippen molar-refractivity contribution in [3.63, 3.8) is 0 Å². The van der Waals surface area contributed by atoms with Crippen molar-refractivity contribution in [2.24, 2.45) is 0 Å². The van der Waals surface area contributed by atoms with E-state index >= 15 is 0 Å². The van der Waals surface area contributed by atoms with E-state index in [0.29, 0.717) is 5.82 Å². The second-order valence-electron chi connectivity index (χ2n) is 15.6. The van der Waals surface area contributed by atoms with Crippen molar-refractivity contribution in [1.82, 2.24) is 9.97 Å². The van der Waals surface area contributed by atoms with Crippen LogP contribution in [-0.2, 0) is 0 Å². The fourth-order valence-corrected chi connectivity index (χ4v) is 9.50. The highest BCUT2D eigenvalue weighted by Gasteiger charge is 2.19. The van der Waals surface area contributed by atoms with Gasteiger partial charge in [0.15, 0.2) is 5.82 Å². The summed E-state index contributed by atoms with van der Waals surface area (Å²) in [7, 11) is 0. The van der Waals surface area contributed by atoms with Crippen molar-refractivity contribution in [3.05, 3.63) is 218 Å². The highest BCUT2D eigenvalue weighted by atomic mass is 14.9. The molecule has 0 amide bonds. The SMILES string of the molecule is c1ccc(-c2nc(-c3ccc(-c4c5ccccc5c(-c5ccccc5)c5c4ccc4ccccc45)cc3)cc(-c3ccc4c5ccccc5c5ccccc5c4c3)n2)cc1. The number of aromatic nitrogens is 2. The van der Waals surface area contributed by atoms with E-state index in [-0.39, 0.29) is 0 Å². The Labute approximate surface area is 347 Å². The summed E-state index contributed by atoms with van der Waals surface area (Å²) in [6, 6.07) is 78.8. The van der Waals surface area contributed by atoms with Crippen molar-refractivity contribution in [2.75, 3.05) is 0 Å². The van der Waals surface area contributed by atoms with E-state index in [1.165, 1.54) is 86.9 Å². The third-order valence-corrected chi connectivity index (χ3v) is 12.2. The number of hydrogen-bond donors (Lipinski definition) is 0. The third kappa shape index (κ3) is 5.50. The number of benzene rings is 11. The van der Waals surface area contributed by atoms with Gasteiger partial charge in [-0.1, -0.05) is 206 Å². The summed E-state index contributed by atoms with van der Waals surface area (Å²) in [4.78, 5) is 10.5. The highest BCUT2D eigenvalue weighted by Crippen LogP contribution is 2.46. The lowest BCUT2D eigenvalue weighted by molar-refractivity contribution is 1.18. The minimum absolute atomic E-state index is 0.705. The lowest BCUT2D eigenvalue weighted by atomic mass is 9.84. The fraction of sp³-hybridized carbons (Fsp3) is 0. The van der Waals surface area contributed by atoms with Gasteiger partial charge in [0.1, 0.15) is 0 Å². The van der Waals surface area contributed by atoms with Gasteiger partial charge < -0.3 is 0 Å². The van der Waals surface area contributed by atoms with Crippen molar-refractivity contribution in [2.45, 2.75) is 0 Å². The van der Waals surface area contributed by atoms with Crippen LogP contribution >= 0.6 is 0 Å². The topological polar surface area (TPSA) is 25.8 Å². The zero-order valence-corrected chi connectivity index (χ0v) is 32.7. The number of nitrogens with zero attached hydrogens (tertiary/aromatic N) is 2. The molecule has 0 unspecified atom stereocenters. The Morgan fingerprint density at radius 2 is 0.667 bits per heavy atom. The van der Waals surface area contributed by atoms with E-state index in [1.54, 1.807) is 0 Å². The molecule has 11 aromatic carbocycles. The molecule has 0 fully saturated rings. The van der Waals surface area contributed by atoms with Gasteiger partial charge in [-0.3, -0.25) is 0 Å². The maximum atomic E-state index is 5.23. The average Bonchev–Trinajstić information content (AvgIpc) is 3.33. The van der Waals surface area contributed by atoms with E-state index in [9.17, 15) is 0 Å². The Balaban J connectivity index is 1.05. The summed E-state index contributed by atoms with van der Waals surface area (Å²) < 4.78 is 0. The molecule has 0 saturated heterocycles. The summed E-state index contributed by atoms with van der Waals surface area (Å²) in [6.45, 7) is 0. The van der Waals surface area contributed by atoms with E-state index in [2.05, 4.69) is 200 Å². The number of fused-ring (bicyclic) bond motifs is 10. The first-order valence-electron chi connectivity index (χ1n) is 20.6. The molecule has 0 spiro atoms. The summed E-state index contributed by atoms with van der Waals surface area (Å²) in [5.41, 5.74) is 9.76. The second kappa shape index (κ2) is 13.9. The molecule has 0 aliphatic carbocycles. The summed E-state index contributed by atoms with van der Waals surface area (Å²) in [5.74, 6) is 0.705. The van der Waals surface area contributed by atoms with Crippen LogP contribution in [0.15, 0.2) is 218 Å². The van der Waals surface area contributed by atoms with Gasteiger partial charge in [-0.15, -0.1) is 0 Å². The second-order valence-corrected chi connectivity index (χ2v) is 15.6.